The second kappa shape index (κ2) is 13.2. The zero-order chi connectivity index (χ0) is 19.2. The van der Waals surface area contributed by atoms with Gasteiger partial charge in [-0.3, -0.25) is 9.59 Å². The Bertz CT molecular complexity index is 479. The molecule has 0 bridgehead atoms. The van der Waals surface area contributed by atoms with E-state index in [1.54, 1.807) is 4.90 Å². The second-order valence-electron chi connectivity index (χ2n) is 6.41. The summed E-state index contributed by atoms with van der Waals surface area (Å²) in [6.07, 6.45) is 9.68. The van der Waals surface area contributed by atoms with Crippen LogP contribution in [0.2, 0.25) is 0 Å². The Kier molecular flexibility index (Phi) is 11.2. The van der Waals surface area contributed by atoms with E-state index in [0.29, 0.717) is 32.4 Å². The van der Waals surface area contributed by atoms with Crippen LogP contribution >= 0.6 is 0 Å². The number of amides is 2. The molecule has 0 unspecified atom stereocenters. The van der Waals surface area contributed by atoms with Gasteiger partial charge in [0.1, 0.15) is 6.61 Å². The molecule has 1 N–H and O–H groups in total. The second-order valence-corrected chi connectivity index (χ2v) is 6.41. The van der Waals surface area contributed by atoms with Gasteiger partial charge in [-0.25, -0.2) is 4.79 Å². The summed E-state index contributed by atoms with van der Waals surface area (Å²) in [7, 11) is 1.38. The number of methoxy groups -OCH3 is 1. The molecule has 0 aromatic carbocycles. The first-order valence-corrected chi connectivity index (χ1v) is 9.50. The standard InChI is InChI=1S/C19H32N2O5/c1-3-4-8-13-20-19(24)26-15-16-11-12-17(22)21(16)14-9-6-5-7-10-18(23)25-2/h6,9,16H,3-5,7-8,10-15H2,1-2H3,(H,20,24)/t16-/m1/s1. The molecule has 1 aliphatic heterocycles. The molecule has 1 saturated heterocycles. The predicted molar refractivity (Wildman–Crippen MR) is 98.6 cm³/mol. The van der Waals surface area contributed by atoms with Crippen LogP contribution < -0.4 is 5.32 Å². The summed E-state index contributed by atoms with van der Waals surface area (Å²) in [6.45, 7) is 3.45. The predicted octanol–water partition coefficient (Wildman–Crippen LogP) is 2.79. The zero-order valence-electron chi connectivity index (χ0n) is 16.0. The van der Waals surface area contributed by atoms with Crippen LogP contribution in [0.3, 0.4) is 0 Å². The zero-order valence-corrected chi connectivity index (χ0v) is 16.0. The summed E-state index contributed by atoms with van der Waals surface area (Å²) in [4.78, 5) is 36.4. The Labute approximate surface area is 156 Å². The summed E-state index contributed by atoms with van der Waals surface area (Å²) in [5, 5.41) is 2.73. The molecule has 0 saturated carbocycles. The maximum Gasteiger partial charge on any atom is 0.407 e. The highest BCUT2D eigenvalue weighted by atomic mass is 16.5. The quantitative estimate of drug-likeness (QED) is 0.325. The van der Waals surface area contributed by atoms with Crippen molar-refractivity contribution in [1.82, 2.24) is 10.2 Å². The number of nitrogens with one attached hydrogen (secondary N) is 1. The lowest BCUT2D eigenvalue weighted by Gasteiger charge is -2.23. The molecule has 0 aliphatic carbocycles. The Morgan fingerprint density at radius 3 is 2.81 bits per heavy atom. The van der Waals surface area contributed by atoms with Gasteiger partial charge in [-0.1, -0.05) is 31.9 Å². The lowest BCUT2D eigenvalue weighted by Crippen LogP contribution is -2.38. The summed E-state index contributed by atoms with van der Waals surface area (Å²) in [5.41, 5.74) is 0. The van der Waals surface area contributed by atoms with E-state index in [-0.39, 0.29) is 24.5 Å². The smallest absolute Gasteiger partial charge is 0.407 e. The SMILES string of the molecule is CCCCCNC(=O)OC[C@H]1CCC(=O)N1CC=CCCCC(=O)OC. The molecular weight excluding hydrogens is 336 g/mol. The molecule has 0 spiro atoms. The van der Waals surface area contributed by atoms with Gasteiger partial charge in [0.05, 0.1) is 13.2 Å². The number of carbonyl (C=O) groups is 3. The fraction of sp³-hybridized carbons (Fsp3) is 0.737. The summed E-state index contributed by atoms with van der Waals surface area (Å²) in [5.74, 6) is -0.125. The van der Waals surface area contributed by atoms with Crippen molar-refractivity contribution in [2.24, 2.45) is 0 Å². The minimum atomic E-state index is -0.418. The van der Waals surface area contributed by atoms with Gasteiger partial charge in [-0.15, -0.1) is 0 Å². The monoisotopic (exact) mass is 368 g/mol. The number of nitrogens with zero attached hydrogens (tertiary/aromatic N) is 1. The van der Waals surface area contributed by atoms with E-state index < -0.39 is 6.09 Å². The Morgan fingerprint density at radius 1 is 1.27 bits per heavy atom. The van der Waals surface area contributed by atoms with Crippen LogP contribution in [0.1, 0.15) is 58.3 Å². The number of allylic oxidation sites excluding steroid dienone is 1. The van der Waals surface area contributed by atoms with Gasteiger partial charge >= 0.3 is 12.1 Å². The molecule has 2 amide bonds. The number of carbonyl (C=O) groups excluding carboxylic acids is 3. The minimum Gasteiger partial charge on any atom is -0.469 e. The van der Waals surface area contributed by atoms with Gasteiger partial charge in [-0.2, -0.15) is 0 Å². The minimum absolute atomic E-state index is 0.0661. The molecule has 0 aromatic rings. The fourth-order valence-corrected chi connectivity index (χ4v) is 2.78. The normalized spacial score (nSPS) is 16.9. The highest BCUT2D eigenvalue weighted by Gasteiger charge is 2.30. The van der Waals surface area contributed by atoms with Gasteiger partial charge in [0.2, 0.25) is 5.91 Å². The number of likely N-dealkylation sites (tertiary alicyclic amines) is 1. The molecule has 1 atom stereocenters. The Balaban J connectivity index is 2.25. The molecular formula is C19H32N2O5. The van der Waals surface area contributed by atoms with E-state index >= 15 is 0 Å². The molecule has 148 valence electrons. The highest BCUT2D eigenvalue weighted by Crippen LogP contribution is 2.19. The number of hydrogen-bond acceptors (Lipinski definition) is 5. The lowest BCUT2D eigenvalue weighted by molar-refractivity contribution is -0.140. The van der Waals surface area contributed by atoms with E-state index in [2.05, 4.69) is 17.0 Å². The molecule has 1 rings (SSSR count). The third-order valence-corrected chi connectivity index (χ3v) is 4.36. The lowest BCUT2D eigenvalue weighted by atomic mass is 10.2. The van der Waals surface area contributed by atoms with Crippen LogP contribution in [0.5, 0.6) is 0 Å². The van der Waals surface area contributed by atoms with Crippen LogP contribution in [-0.4, -0.2) is 55.7 Å². The highest BCUT2D eigenvalue weighted by molar-refractivity contribution is 5.79. The third kappa shape index (κ3) is 8.87. The molecule has 26 heavy (non-hydrogen) atoms. The van der Waals surface area contributed by atoms with Gasteiger partial charge in [0.25, 0.3) is 0 Å². The van der Waals surface area contributed by atoms with Crippen molar-refractivity contribution in [3.8, 4) is 0 Å². The van der Waals surface area contributed by atoms with Crippen LogP contribution in [0, 0.1) is 0 Å². The van der Waals surface area contributed by atoms with Crippen molar-refractivity contribution in [3.63, 3.8) is 0 Å². The number of rotatable bonds is 12. The molecule has 0 aromatic heterocycles. The average Bonchev–Trinajstić information content (AvgIpc) is 2.99. The molecule has 1 fully saturated rings. The average molecular weight is 368 g/mol. The van der Waals surface area contributed by atoms with E-state index in [1.165, 1.54) is 7.11 Å². The maximum atomic E-state index is 12.0. The number of unbranched alkanes of at least 4 members (excludes halogenated alkanes) is 3. The van der Waals surface area contributed by atoms with Crippen LogP contribution in [0.4, 0.5) is 4.79 Å². The first-order valence-electron chi connectivity index (χ1n) is 9.50. The third-order valence-electron chi connectivity index (χ3n) is 4.36. The first-order chi connectivity index (χ1) is 12.6. The number of alkyl carbamates (subject to hydrolysis) is 1. The number of hydrogen-bond donors (Lipinski definition) is 1. The van der Waals surface area contributed by atoms with E-state index in [4.69, 9.17) is 4.74 Å². The molecule has 1 heterocycles. The van der Waals surface area contributed by atoms with Crippen LogP contribution in [0.15, 0.2) is 12.2 Å². The van der Waals surface area contributed by atoms with Crippen molar-refractivity contribution in [2.75, 3.05) is 26.8 Å². The van der Waals surface area contributed by atoms with E-state index in [9.17, 15) is 14.4 Å². The van der Waals surface area contributed by atoms with Gasteiger partial charge < -0.3 is 19.7 Å². The summed E-state index contributed by atoms with van der Waals surface area (Å²) < 4.78 is 9.84. The summed E-state index contributed by atoms with van der Waals surface area (Å²) >= 11 is 0. The topological polar surface area (TPSA) is 84.9 Å². The van der Waals surface area contributed by atoms with Gasteiger partial charge in [0.15, 0.2) is 0 Å². The van der Waals surface area contributed by atoms with Crippen LogP contribution in [-0.2, 0) is 19.1 Å². The maximum absolute atomic E-state index is 12.0. The molecule has 1 aliphatic rings. The van der Waals surface area contributed by atoms with E-state index in [0.717, 1.165) is 32.1 Å². The number of esters is 1. The molecule has 0 radical (unpaired) electrons. The van der Waals surface area contributed by atoms with Crippen molar-refractivity contribution < 1.29 is 23.9 Å². The van der Waals surface area contributed by atoms with Crippen molar-refractivity contribution in [3.05, 3.63) is 12.2 Å². The van der Waals surface area contributed by atoms with Gasteiger partial charge in [-0.05, 0) is 25.7 Å². The summed E-state index contributed by atoms with van der Waals surface area (Å²) in [6, 6.07) is -0.0661. The molecule has 7 heteroatoms. The van der Waals surface area contributed by atoms with Crippen LogP contribution in [0.25, 0.3) is 0 Å². The fourth-order valence-electron chi connectivity index (χ4n) is 2.78. The Hall–Kier alpha value is -2.05. The van der Waals surface area contributed by atoms with Crippen molar-refractivity contribution in [2.45, 2.75) is 64.3 Å². The molecule has 7 nitrogen and oxygen atoms in total. The number of ether oxygens (including phenoxy) is 2. The first kappa shape index (κ1) is 22.0. The van der Waals surface area contributed by atoms with Crippen molar-refractivity contribution >= 4 is 18.0 Å². The van der Waals surface area contributed by atoms with E-state index in [1.807, 2.05) is 12.2 Å². The largest absolute Gasteiger partial charge is 0.469 e. The Morgan fingerprint density at radius 2 is 2.08 bits per heavy atom. The van der Waals surface area contributed by atoms with Gasteiger partial charge in [0, 0.05) is 25.9 Å². The van der Waals surface area contributed by atoms with Crippen molar-refractivity contribution in [1.29, 1.82) is 0 Å².